The van der Waals surface area contributed by atoms with Crippen LogP contribution in [0.1, 0.15) is 87.4 Å². The lowest BCUT2D eigenvalue weighted by Crippen LogP contribution is -2.45. The van der Waals surface area contributed by atoms with Crippen LogP contribution in [0.3, 0.4) is 0 Å². The second-order valence-electron chi connectivity index (χ2n) is 11.3. The van der Waals surface area contributed by atoms with Crippen LogP contribution in [-0.2, 0) is 4.79 Å². The van der Waals surface area contributed by atoms with Gasteiger partial charge in [0.25, 0.3) is 11.8 Å². The van der Waals surface area contributed by atoms with E-state index in [-0.39, 0.29) is 17.9 Å². The Bertz CT molecular complexity index is 1130. The maximum absolute atomic E-state index is 13.4. The molecular weight excluding hydrogens is 448 g/mol. The van der Waals surface area contributed by atoms with Crippen molar-refractivity contribution in [1.82, 2.24) is 10.2 Å². The van der Waals surface area contributed by atoms with Crippen molar-refractivity contribution in [3.8, 4) is 0 Å². The van der Waals surface area contributed by atoms with Gasteiger partial charge in [0.1, 0.15) is 5.54 Å². The van der Waals surface area contributed by atoms with Gasteiger partial charge in [-0.3, -0.25) is 14.5 Å². The zero-order chi connectivity index (χ0) is 25.1. The fraction of sp³-hybridized carbons (Fsp3) is 0.567. The lowest BCUT2D eigenvalue weighted by Gasteiger charge is -2.35. The van der Waals surface area contributed by atoms with Gasteiger partial charge in [0.15, 0.2) is 5.96 Å². The molecule has 36 heavy (non-hydrogen) atoms. The molecule has 1 unspecified atom stereocenters. The maximum Gasteiger partial charge on any atom is 0.257 e. The molecule has 6 heteroatoms. The Hall–Kier alpha value is -2.89. The summed E-state index contributed by atoms with van der Waals surface area (Å²) in [4.78, 5) is 33.0. The minimum atomic E-state index is -0.734. The molecule has 192 valence electrons. The number of fused-ring (bicyclic) bond motifs is 1. The van der Waals surface area contributed by atoms with Crippen molar-refractivity contribution in [3.05, 3.63) is 48.0 Å². The highest BCUT2D eigenvalue weighted by Crippen LogP contribution is 2.40. The minimum Gasteiger partial charge on any atom is -0.369 e. The third-order valence-corrected chi connectivity index (χ3v) is 8.84. The largest absolute Gasteiger partial charge is 0.369 e. The number of nitrogens with two attached hydrogens (primary N) is 1. The molecule has 2 aromatic rings. The second-order valence-corrected chi connectivity index (χ2v) is 11.3. The molecule has 2 saturated carbocycles. The summed E-state index contributed by atoms with van der Waals surface area (Å²) in [5, 5.41) is 5.37. The van der Waals surface area contributed by atoms with Gasteiger partial charge in [0, 0.05) is 18.7 Å². The molecule has 3 aliphatic rings. The third kappa shape index (κ3) is 5.14. The molecule has 2 fully saturated rings. The van der Waals surface area contributed by atoms with E-state index in [0.29, 0.717) is 17.8 Å². The van der Waals surface area contributed by atoms with Crippen LogP contribution in [0, 0.1) is 11.8 Å². The molecule has 2 amide bonds. The summed E-state index contributed by atoms with van der Waals surface area (Å²) in [5.74, 6) is 1.43. The summed E-state index contributed by atoms with van der Waals surface area (Å²) in [6.45, 7) is 0. The van der Waals surface area contributed by atoms with Crippen LogP contribution >= 0.6 is 0 Å². The first kappa shape index (κ1) is 24.8. The molecule has 0 saturated heterocycles. The van der Waals surface area contributed by atoms with Crippen LogP contribution in [0.2, 0.25) is 0 Å². The molecule has 2 aromatic carbocycles. The Morgan fingerprint density at radius 2 is 1.78 bits per heavy atom. The van der Waals surface area contributed by atoms with E-state index in [0.717, 1.165) is 61.3 Å². The lowest BCUT2D eigenvalue weighted by molar-refractivity contribution is -0.131. The van der Waals surface area contributed by atoms with Crippen molar-refractivity contribution in [3.63, 3.8) is 0 Å². The standard InChI is InChI=1S/C30H40N4O2/c1-34-28(36)30(33-29(34)31,18-17-21-9-3-2-4-10-21)20-22-11-7-14-24(19-22)32-27(35)26-16-8-13-23-12-5-6-15-25(23)26/h5-6,8,12-13,15-16,21-22,24H,2-4,7,9-11,14,17-20H2,1H3,(H2,31,33)(H,32,35)/t22-,24?,30+/m0/s1. The fourth-order valence-electron chi connectivity index (χ4n) is 6.85. The molecule has 2 aliphatic carbocycles. The van der Waals surface area contributed by atoms with Crippen LogP contribution < -0.4 is 11.1 Å². The van der Waals surface area contributed by atoms with E-state index < -0.39 is 5.54 Å². The van der Waals surface area contributed by atoms with Gasteiger partial charge in [0.2, 0.25) is 0 Å². The highest BCUT2D eigenvalue weighted by molar-refractivity contribution is 6.07. The van der Waals surface area contributed by atoms with Crippen molar-refractivity contribution in [1.29, 1.82) is 0 Å². The molecule has 0 bridgehead atoms. The number of carbonyl (C=O) groups excluding carboxylic acids is 2. The van der Waals surface area contributed by atoms with Gasteiger partial charge in [-0.05, 0) is 60.8 Å². The van der Waals surface area contributed by atoms with E-state index >= 15 is 0 Å². The molecule has 5 rings (SSSR count). The number of hydrogen-bond donors (Lipinski definition) is 2. The van der Waals surface area contributed by atoms with Crippen LogP contribution in [0.15, 0.2) is 47.5 Å². The quantitative estimate of drug-likeness (QED) is 0.547. The zero-order valence-electron chi connectivity index (χ0n) is 21.5. The van der Waals surface area contributed by atoms with Crippen molar-refractivity contribution < 1.29 is 9.59 Å². The number of amides is 2. The summed E-state index contributed by atoms with van der Waals surface area (Å²) < 4.78 is 0. The van der Waals surface area contributed by atoms with Gasteiger partial charge in [-0.2, -0.15) is 0 Å². The van der Waals surface area contributed by atoms with Crippen LogP contribution in [0.5, 0.6) is 0 Å². The van der Waals surface area contributed by atoms with Crippen molar-refractivity contribution in [2.45, 2.75) is 88.6 Å². The first-order valence-electron chi connectivity index (χ1n) is 13.9. The van der Waals surface area contributed by atoms with Crippen LogP contribution in [0.25, 0.3) is 10.8 Å². The number of guanidine groups is 1. The Labute approximate surface area is 214 Å². The molecule has 3 N–H and O–H groups in total. The summed E-state index contributed by atoms with van der Waals surface area (Å²) >= 11 is 0. The van der Waals surface area contributed by atoms with Gasteiger partial charge in [-0.1, -0.05) is 81.3 Å². The third-order valence-electron chi connectivity index (χ3n) is 8.84. The SMILES string of the molecule is CN1C(=O)[C@@](CCC2CCCCC2)(C[C@H]2CCCC(NC(=O)c3cccc4ccccc34)C2)N=C1N. The van der Waals surface area contributed by atoms with Gasteiger partial charge in [0.05, 0.1) is 0 Å². The second kappa shape index (κ2) is 10.6. The van der Waals surface area contributed by atoms with Gasteiger partial charge in [-0.15, -0.1) is 0 Å². The fourth-order valence-corrected chi connectivity index (χ4v) is 6.85. The average Bonchev–Trinajstić information content (AvgIpc) is 3.11. The van der Waals surface area contributed by atoms with E-state index in [1.165, 1.54) is 32.1 Å². The van der Waals surface area contributed by atoms with Crippen molar-refractivity contribution in [2.75, 3.05) is 7.05 Å². The molecule has 3 atom stereocenters. The first-order chi connectivity index (χ1) is 17.4. The summed E-state index contributed by atoms with van der Waals surface area (Å²) in [5.41, 5.74) is 6.15. The van der Waals surface area contributed by atoms with Gasteiger partial charge >= 0.3 is 0 Å². The molecule has 0 spiro atoms. The highest BCUT2D eigenvalue weighted by Gasteiger charge is 2.48. The highest BCUT2D eigenvalue weighted by atomic mass is 16.2. The van der Waals surface area contributed by atoms with Crippen molar-refractivity contribution >= 4 is 28.5 Å². The molecule has 1 heterocycles. The van der Waals surface area contributed by atoms with E-state index in [4.69, 9.17) is 10.7 Å². The smallest absolute Gasteiger partial charge is 0.257 e. The first-order valence-corrected chi connectivity index (χ1v) is 13.9. The maximum atomic E-state index is 13.4. The van der Waals surface area contributed by atoms with Crippen LogP contribution in [-0.4, -0.2) is 41.3 Å². The van der Waals surface area contributed by atoms with Gasteiger partial charge in [-0.25, -0.2) is 4.99 Å². The number of nitrogens with zero attached hydrogens (tertiary/aromatic N) is 2. The molecule has 0 radical (unpaired) electrons. The Morgan fingerprint density at radius 3 is 2.56 bits per heavy atom. The number of nitrogens with one attached hydrogen (secondary N) is 1. The lowest BCUT2D eigenvalue weighted by atomic mass is 9.74. The monoisotopic (exact) mass is 488 g/mol. The molecule has 0 aromatic heterocycles. The minimum absolute atomic E-state index is 0.0107. The predicted molar refractivity (Wildman–Crippen MR) is 145 cm³/mol. The van der Waals surface area contributed by atoms with E-state index in [1.807, 2.05) is 42.5 Å². The molecule has 1 aliphatic heterocycles. The summed E-state index contributed by atoms with van der Waals surface area (Å²) in [6.07, 6.45) is 13.0. The number of aliphatic imine (C=N–C) groups is 1. The summed E-state index contributed by atoms with van der Waals surface area (Å²) in [7, 11) is 1.75. The summed E-state index contributed by atoms with van der Waals surface area (Å²) in [6, 6.07) is 14.0. The van der Waals surface area contributed by atoms with E-state index in [9.17, 15) is 9.59 Å². The number of hydrogen-bond acceptors (Lipinski definition) is 4. The zero-order valence-corrected chi connectivity index (χ0v) is 21.5. The molecular formula is C30H40N4O2. The van der Waals surface area contributed by atoms with Gasteiger partial charge < -0.3 is 11.1 Å². The topological polar surface area (TPSA) is 87.8 Å². The number of benzene rings is 2. The molecule has 6 nitrogen and oxygen atoms in total. The predicted octanol–water partition coefficient (Wildman–Crippen LogP) is 5.40. The Morgan fingerprint density at radius 1 is 1.03 bits per heavy atom. The normalized spacial score (nSPS) is 27.3. The number of rotatable bonds is 7. The van der Waals surface area contributed by atoms with Crippen molar-refractivity contribution in [2.24, 2.45) is 22.6 Å². The average molecular weight is 489 g/mol. The number of likely N-dealkylation sites (N-methyl/N-ethyl adjacent to an activating group) is 1. The van der Waals surface area contributed by atoms with E-state index in [2.05, 4.69) is 5.32 Å². The number of carbonyl (C=O) groups is 2. The van der Waals surface area contributed by atoms with Crippen LogP contribution in [0.4, 0.5) is 0 Å². The Balaban J connectivity index is 1.27. The van der Waals surface area contributed by atoms with E-state index in [1.54, 1.807) is 11.9 Å². The Kier molecular flexibility index (Phi) is 7.31.